The summed E-state index contributed by atoms with van der Waals surface area (Å²) < 4.78 is 4.95. The summed E-state index contributed by atoms with van der Waals surface area (Å²) in [6.07, 6.45) is 4.36. The Kier molecular flexibility index (Phi) is 3.42. The minimum absolute atomic E-state index is 0.431. The van der Waals surface area contributed by atoms with Crippen molar-refractivity contribution in [3.8, 4) is 0 Å². The van der Waals surface area contributed by atoms with E-state index in [2.05, 4.69) is 31.2 Å². The first kappa shape index (κ1) is 11.0. The molecule has 2 aromatic rings. The Labute approximate surface area is 95.5 Å². The third kappa shape index (κ3) is 2.74. The maximum Gasteiger partial charge on any atom is 0.0960 e. The predicted octanol–water partition coefficient (Wildman–Crippen LogP) is 3.25. The molecule has 2 rings (SSSR count). The summed E-state index contributed by atoms with van der Waals surface area (Å²) in [6.45, 7) is 2.08. The van der Waals surface area contributed by atoms with Crippen molar-refractivity contribution in [3.05, 3.63) is 59.5 Å². The van der Waals surface area contributed by atoms with Gasteiger partial charge in [0.2, 0.25) is 0 Å². The lowest BCUT2D eigenvalue weighted by atomic mass is 10.0. The van der Waals surface area contributed by atoms with E-state index in [1.54, 1.807) is 18.6 Å². The second-order valence-corrected chi connectivity index (χ2v) is 4.10. The molecule has 0 saturated carbocycles. The quantitative estimate of drug-likeness (QED) is 0.851. The topological polar surface area (TPSA) is 33.4 Å². The third-order valence-electron chi connectivity index (χ3n) is 2.72. The molecule has 0 aliphatic carbocycles. The number of hydrogen-bond donors (Lipinski definition) is 1. The second kappa shape index (κ2) is 4.99. The molecule has 1 unspecified atom stereocenters. The van der Waals surface area contributed by atoms with Gasteiger partial charge >= 0.3 is 0 Å². The fourth-order valence-electron chi connectivity index (χ4n) is 1.80. The minimum atomic E-state index is -0.431. The molecule has 0 radical (unpaired) electrons. The first-order chi connectivity index (χ1) is 7.75. The Morgan fingerprint density at radius 1 is 1.31 bits per heavy atom. The molecular formula is C14H16O2. The van der Waals surface area contributed by atoms with Gasteiger partial charge in [-0.2, -0.15) is 0 Å². The van der Waals surface area contributed by atoms with Crippen LogP contribution in [0.25, 0.3) is 0 Å². The van der Waals surface area contributed by atoms with Crippen molar-refractivity contribution in [1.82, 2.24) is 0 Å². The summed E-state index contributed by atoms with van der Waals surface area (Å²) in [5.74, 6) is 0. The number of rotatable bonds is 4. The molecule has 0 saturated heterocycles. The molecule has 0 fully saturated rings. The van der Waals surface area contributed by atoms with Gasteiger partial charge in [-0.25, -0.2) is 0 Å². The molecule has 1 N–H and O–H groups in total. The normalized spacial score (nSPS) is 12.6. The van der Waals surface area contributed by atoms with Gasteiger partial charge in [-0.15, -0.1) is 0 Å². The molecule has 1 aromatic heterocycles. The van der Waals surface area contributed by atoms with Crippen molar-refractivity contribution in [3.63, 3.8) is 0 Å². The van der Waals surface area contributed by atoms with Gasteiger partial charge in [0, 0.05) is 5.56 Å². The monoisotopic (exact) mass is 216 g/mol. The van der Waals surface area contributed by atoms with Gasteiger partial charge in [-0.1, -0.05) is 29.8 Å². The average molecular weight is 216 g/mol. The zero-order valence-electron chi connectivity index (χ0n) is 9.39. The lowest BCUT2D eigenvalue weighted by molar-refractivity contribution is 0.167. The van der Waals surface area contributed by atoms with Gasteiger partial charge in [0.25, 0.3) is 0 Å². The zero-order valence-corrected chi connectivity index (χ0v) is 9.39. The minimum Gasteiger partial charge on any atom is -0.472 e. The molecule has 0 aliphatic heterocycles. The highest BCUT2D eigenvalue weighted by atomic mass is 16.3. The van der Waals surface area contributed by atoms with Crippen LogP contribution in [0.15, 0.2) is 47.3 Å². The molecule has 2 heteroatoms. The summed E-state index contributed by atoms with van der Waals surface area (Å²) >= 11 is 0. The van der Waals surface area contributed by atoms with E-state index < -0.39 is 6.10 Å². The summed E-state index contributed by atoms with van der Waals surface area (Å²) in [6, 6.07) is 10.2. The van der Waals surface area contributed by atoms with Crippen LogP contribution in [0.3, 0.4) is 0 Å². The maximum atomic E-state index is 9.88. The average Bonchev–Trinajstić information content (AvgIpc) is 2.79. The Morgan fingerprint density at radius 3 is 2.88 bits per heavy atom. The van der Waals surface area contributed by atoms with E-state index in [1.807, 2.05) is 0 Å². The van der Waals surface area contributed by atoms with Crippen LogP contribution in [-0.4, -0.2) is 5.11 Å². The van der Waals surface area contributed by atoms with Crippen molar-refractivity contribution in [2.75, 3.05) is 0 Å². The Hall–Kier alpha value is -1.54. The van der Waals surface area contributed by atoms with Crippen LogP contribution in [-0.2, 0) is 6.42 Å². The molecule has 2 nitrogen and oxygen atoms in total. The highest BCUT2D eigenvalue weighted by molar-refractivity contribution is 5.22. The summed E-state index contributed by atoms with van der Waals surface area (Å²) in [5, 5.41) is 9.88. The van der Waals surface area contributed by atoms with Crippen molar-refractivity contribution in [2.24, 2.45) is 0 Å². The highest BCUT2D eigenvalue weighted by Crippen LogP contribution is 2.19. The van der Waals surface area contributed by atoms with Crippen molar-refractivity contribution in [1.29, 1.82) is 0 Å². The van der Waals surface area contributed by atoms with Gasteiger partial charge in [0.15, 0.2) is 0 Å². The largest absolute Gasteiger partial charge is 0.472 e. The van der Waals surface area contributed by atoms with E-state index in [1.165, 1.54) is 11.1 Å². The Morgan fingerprint density at radius 2 is 2.19 bits per heavy atom. The van der Waals surface area contributed by atoms with Crippen LogP contribution in [0.5, 0.6) is 0 Å². The van der Waals surface area contributed by atoms with E-state index in [0.717, 1.165) is 18.4 Å². The molecule has 0 spiro atoms. The van der Waals surface area contributed by atoms with Crippen molar-refractivity contribution >= 4 is 0 Å². The SMILES string of the molecule is Cc1cccc(CCC(O)c2ccoc2)c1. The number of hydrogen-bond acceptors (Lipinski definition) is 2. The molecule has 1 aromatic carbocycles. The van der Waals surface area contributed by atoms with Crippen molar-refractivity contribution in [2.45, 2.75) is 25.9 Å². The number of furan rings is 1. The lowest BCUT2D eigenvalue weighted by Crippen LogP contribution is -1.98. The number of aryl methyl sites for hydroxylation is 2. The van der Waals surface area contributed by atoms with Crippen LogP contribution in [0.1, 0.15) is 29.2 Å². The predicted molar refractivity (Wildman–Crippen MR) is 63.2 cm³/mol. The Balaban J connectivity index is 1.92. The first-order valence-corrected chi connectivity index (χ1v) is 5.51. The Bertz CT molecular complexity index is 432. The van der Waals surface area contributed by atoms with Crippen LogP contribution in [0, 0.1) is 6.92 Å². The molecular weight excluding hydrogens is 200 g/mol. The number of aliphatic hydroxyl groups is 1. The standard InChI is InChI=1S/C14H16O2/c1-11-3-2-4-12(9-11)5-6-14(15)13-7-8-16-10-13/h2-4,7-10,14-15H,5-6H2,1H3. The second-order valence-electron chi connectivity index (χ2n) is 4.10. The lowest BCUT2D eigenvalue weighted by Gasteiger charge is -2.08. The van der Waals surface area contributed by atoms with Gasteiger partial charge in [-0.05, 0) is 31.4 Å². The van der Waals surface area contributed by atoms with Crippen LogP contribution in [0.4, 0.5) is 0 Å². The summed E-state index contributed by atoms with van der Waals surface area (Å²) in [4.78, 5) is 0. The van der Waals surface area contributed by atoms with E-state index in [9.17, 15) is 5.11 Å². The fourth-order valence-corrected chi connectivity index (χ4v) is 1.80. The summed E-state index contributed by atoms with van der Waals surface area (Å²) in [5.41, 5.74) is 3.38. The number of aliphatic hydroxyl groups excluding tert-OH is 1. The first-order valence-electron chi connectivity index (χ1n) is 5.51. The number of benzene rings is 1. The van der Waals surface area contributed by atoms with Crippen LogP contribution < -0.4 is 0 Å². The van der Waals surface area contributed by atoms with E-state index >= 15 is 0 Å². The maximum absolute atomic E-state index is 9.88. The third-order valence-corrected chi connectivity index (χ3v) is 2.72. The smallest absolute Gasteiger partial charge is 0.0960 e. The van der Waals surface area contributed by atoms with Gasteiger partial charge in [-0.3, -0.25) is 0 Å². The molecule has 84 valence electrons. The van der Waals surface area contributed by atoms with Crippen molar-refractivity contribution < 1.29 is 9.52 Å². The molecule has 1 atom stereocenters. The van der Waals surface area contributed by atoms with Gasteiger partial charge in [0.05, 0.1) is 18.6 Å². The van der Waals surface area contributed by atoms with Crippen LogP contribution >= 0.6 is 0 Å². The molecule has 0 aliphatic rings. The molecule has 0 bridgehead atoms. The van der Waals surface area contributed by atoms with Crippen LogP contribution in [0.2, 0.25) is 0 Å². The van der Waals surface area contributed by atoms with E-state index in [4.69, 9.17) is 4.42 Å². The molecule has 1 heterocycles. The van der Waals surface area contributed by atoms with Gasteiger partial charge < -0.3 is 9.52 Å². The molecule has 16 heavy (non-hydrogen) atoms. The zero-order chi connectivity index (χ0) is 11.4. The fraction of sp³-hybridized carbons (Fsp3) is 0.286. The molecule has 0 amide bonds. The van der Waals surface area contributed by atoms with E-state index in [0.29, 0.717) is 0 Å². The summed E-state index contributed by atoms with van der Waals surface area (Å²) in [7, 11) is 0. The highest BCUT2D eigenvalue weighted by Gasteiger charge is 2.08. The van der Waals surface area contributed by atoms with Gasteiger partial charge in [0.1, 0.15) is 0 Å². The van der Waals surface area contributed by atoms with E-state index in [-0.39, 0.29) is 0 Å².